The number of nitrogens with two attached hydrogens (primary N) is 1. The quantitative estimate of drug-likeness (QED) is 0.534. The van der Waals surface area contributed by atoms with Gasteiger partial charge in [-0.2, -0.15) is 0 Å². The molecule has 0 fully saturated rings. The lowest BCUT2D eigenvalue weighted by atomic mass is 10.0. The largest absolute Gasteiger partial charge is 0.461 e. The Bertz CT molecular complexity index is 691. The first-order valence-electron chi connectivity index (χ1n) is 7.34. The first-order chi connectivity index (χ1) is 10.6. The molecule has 0 aliphatic heterocycles. The van der Waals surface area contributed by atoms with Crippen molar-refractivity contribution in [1.29, 1.82) is 0 Å². The molecule has 0 aliphatic rings. The van der Waals surface area contributed by atoms with Crippen LogP contribution in [0.4, 0.5) is 0 Å². The highest BCUT2D eigenvalue weighted by Gasteiger charge is 2.19. The zero-order valence-electron chi connectivity index (χ0n) is 12.9. The number of aryl methyl sites for hydroxylation is 1. The Morgan fingerprint density at radius 2 is 2.14 bits per heavy atom. The molecular formula is C16H21N3O3. The second kappa shape index (κ2) is 7.09. The molecule has 0 radical (unpaired) electrons. The van der Waals surface area contributed by atoms with Crippen molar-refractivity contribution in [2.75, 3.05) is 20.2 Å². The third-order valence-electron chi connectivity index (χ3n) is 3.52. The zero-order chi connectivity index (χ0) is 16.1. The molecule has 6 heteroatoms. The Hall–Kier alpha value is -2.34. The van der Waals surface area contributed by atoms with Gasteiger partial charge in [-0.05, 0) is 57.1 Å². The first-order valence-corrected chi connectivity index (χ1v) is 7.34. The summed E-state index contributed by atoms with van der Waals surface area (Å²) in [6.45, 7) is 2.92. The van der Waals surface area contributed by atoms with E-state index in [0.29, 0.717) is 24.3 Å². The molecule has 118 valence electrons. The number of carbonyl (C=O) groups excluding carboxylic acids is 2. The van der Waals surface area contributed by atoms with Crippen LogP contribution in [0, 0.1) is 0 Å². The number of ether oxygens (including phenoxy) is 1. The van der Waals surface area contributed by atoms with E-state index in [2.05, 4.69) is 10.3 Å². The van der Waals surface area contributed by atoms with Crippen molar-refractivity contribution in [3.63, 3.8) is 0 Å². The smallest absolute Gasteiger partial charge is 0.355 e. The lowest BCUT2D eigenvalue weighted by molar-refractivity contribution is 0.0519. The van der Waals surface area contributed by atoms with Crippen molar-refractivity contribution < 1.29 is 14.3 Å². The summed E-state index contributed by atoms with van der Waals surface area (Å²) in [4.78, 5) is 26.6. The van der Waals surface area contributed by atoms with Gasteiger partial charge in [0.15, 0.2) is 0 Å². The molecule has 4 N–H and O–H groups in total. The van der Waals surface area contributed by atoms with Crippen molar-refractivity contribution in [2.45, 2.75) is 19.8 Å². The van der Waals surface area contributed by atoms with Gasteiger partial charge in [0.05, 0.1) is 6.61 Å². The molecule has 22 heavy (non-hydrogen) atoms. The van der Waals surface area contributed by atoms with Crippen LogP contribution in [0.25, 0.3) is 10.9 Å². The highest BCUT2D eigenvalue weighted by atomic mass is 16.5. The number of H-pyrrole nitrogens is 1. The molecule has 1 aromatic heterocycles. The summed E-state index contributed by atoms with van der Waals surface area (Å²) in [5.74, 6) is -0.860. The van der Waals surface area contributed by atoms with Gasteiger partial charge in [0, 0.05) is 16.5 Å². The SMILES string of the molecule is CCOC(=O)c1[nH]c2ccc(C(N)=O)cc2c1CCCNC. The van der Waals surface area contributed by atoms with Crippen LogP contribution in [0.15, 0.2) is 18.2 Å². The third kappa shape index (κ3) is 3.28. The van der Waals surface area contributed by atoms with E-state index < -0.39 is 5.91 Å². The maximum atomic E-state index is 12.1. The van der Waals surface area contributed by atoms with Crippen LogP contribution in [-0.4, -0.2) is 37.1 Å². The van der Waals surface area contributed by atoms with Gasteiger partial charge in [0.1, 0.15) is 5.69 Å². The molecule has 1 amide bonds. The summed E-state index contributed by atoms with van der Waals surface area (Å²) in [6.07, 6.45) is 1.58. The molecule has 0 atom stereocenters. The number of amides is 1. The lowest BCUT2D eigenvalue weighted by Crippen LogP contribution is -2.12. The Morgan fingerprint density at radius 3 is 2.77 bits per heavy atom. The Labute approximate surface area is 129 Å². The van der Waals surface area contributed by atoms with E-state index in [-0.39, 0.29) is 5.97 Å². The van der Waals surface area contributed by atoms with E-state index in [1.54, 1.807) is 25.1 Å². The summed E-state index contributed by atoms with van der Waals surface area (Å²) in [5.41, 5.74) is 7.89. The van der Waals surface area contributed by atoms with Crippen molar-refractivity contribution in [2.24, 2.45) is 5.73 Å². The highest BCUT2D eigenvalue weighted by Crippen LogP contribution is 2.25. The molecule has 2 rings (SSSR count). The van der Waals surface area contributed by atoms with Crippen LogP contribution in [0.2, 0.25) is 0 Å². The number of rotatable bonds is 7. The molecular weight excluding hydrogens is 282 g/mol. The second-order valence-corrected chi connectivity index (χ2v) is 5.03. The number of aromatic amines is 1. The molecule has 2 aromatic rings. The van der Waals surface area contributed by atoms with Crippen LogP contribution < -0.4 is 11.1 Å². The summed E-state index contributed by atoms with van der Waals surface area (Å²) in [5, 5.41) is 3.92. The maximum Gasteiger partial charge on any atom is 0.355 e. The van der Waals surface area contributed by atoms with E-state index >= 15 is 0 Å². The monoisotopic (exact) mass is 303 g/mol. The number of aromatic nitrogens is 1. The fraction of sp³-hybridized carbons (Fsp3) is 0.375. The number of carbonyl (C=O) groups is 2. The maximum absolute atomic E-state index is 12.1. The molecule has 0 bridgehead atoms. The van der Waals surface area contributed by atoms with E-state index in [9.17, 15) is 9.59 Å². The molecule has 0 unspecified atom stereocenters. The van der Waals surface area contributed by atoms with Gasteiger partial charge in [-0.15, -0.1) is 0 Å². The summed E-state index contributed by atoms with van der Waals surface area (Å²) in [7, 11) is 1.88. The van der Waals surface area contributed by atoms with Crippen LogP contribution in [0.5, 0.6) is 0 Å². The van der Waals surface area contributed by atoms with Gasteiger partial charge in [0.25, 0.3) is 0 Å². The zero-order valence-corrected chi connectivity index (χ0v) is 12.9. The van der Waals surface area contributed by atoms with Gasteiger partial charge < -0.3 is 20.8 Å². The van der Waals surface area contributed by atoms with E-state index in [1.807, 2.05) is 7.05 Å². The molecule has 0 saturated heterocycles. The summed E-state index contributed by atoms with van der Waals surface area (Å²) < 4.78 is 5.10. The molecule has 0 spiro atoms. The number of nitrogens with one attached hydrogen (secondary N) is 2. The van der Waals surface area contributed by atoms with Crippen LogP contribution >= 0.6 is 0 Å². The van der Waals surface area contributed by atoms with Crippen molar-refractivity contribution in [3.05, 3.63) is 35.0 Å². The second-order valence-electron chi connectivity index (χ2n) is 5.03. The third-order valence-corrected chi connectivity index (χ3v) is 3.52. The summed E-state index contributed by atoms with van der Waals surface area (Å²) in [6, 6.07) is 5.14. The lowest BCUT2D eigenvalue weighted by Gasteiger charge is -2.05. The van der Waals surface area contributed by atoms with E-state index in [1.165, 1.54) is 0 Å². The number of fused-ring (bicyclic) bond motifs is 1. The number of primary amides is 1. The Morgan fingerprint density at radius 1 is 1.36 bits per heavy atom. The average molecular weight is 303 g/mol. The van der Waals surface area contributed by atoms with Crippen LogP contribution in [0.1, 0.15) is 39.8 Å². The molecule has 1 heterocycles. The van der Waals surface area contributed by atoms with Gasteiger partial charge in [-0.3, -0.25) is 4.79 Å². The van der Waals surface area contributed by atoms with Crippen molar-refractivity contribution >= 4 is 22.8 Å². The minimum atomic E-state index is -0.484. The topological polar surface area (TPSA) is 97.2 Å². The van der Waals surface area contributed by atoms with E-state index in [0.717, 1.165) is 29.4 Å². The minimum Gasteiger partial charge on any atom is -0.461 e. The summed E-state index contributed by atoms with van der Waals surface area (Å²) >= 11 is 0. The van der Waals surface area contributed by atoms with Gasteiger partial charge >= 0.3 is 5.97 Å². The number of hydrogen-bond donors (Lipinski definition) is 3. The average Bonchev–Trinajstić information content (AvgIpc) is 2.86. The van der Waals surface area contributed by atoms with Crippen LogP contribution in [0.3, 0.4) is 0 Å². The van der Waals surface area contributed by atoms with Gasteiger partial charge in [-0.25, -0.2) is 4.79 Å². The Kier molecular flexibility index (Phi) is 5.16. The normalized spacial score (nSPS) is 10.8. The molecule has 6 nitrogen and oxygen atoms in total. The predicted molar refractivity (Wildman–Crippen MR) is 85.0 cm³/mol. The number of esters is 1. The highest BCUT2D eigenvalue weighted by molar-refractivity contribution is 6.02. The number of benzene rings is 1. The van der Waals surface area contributed by atoms with Crippen molar-refractivity contribution in [3.8, 4) is 0 Å². The van der Waals surface area contributed by atoms with Crippen LogP contribution in [-0.2, 0) is 11.2 Å². The first kappa shape index (κ1) is 16.0. The predicted octanol–water partition coefficient (Wildman–Crippen LogP) is 1.60. The molecule has 0 aliphatic carbocycles. The van der Waals surface area contributed by atoms with Crippen molar-refractivity contribution in [1.82, 2.24) is 10.3 Å². The van der Waals surface area contributed by atoms with E-state index in [4.69, 9.17) is 10.5 Å². The Balaban J connectivity index is 2.49. The molecule has 1 aromatic carbocycles. The molecule has 0 saturated carbocycles. The minimum absolute atomic E-state index is 0.316. The fourth-order valence-corrected chi connectivity index (χ4v) is 2.48. The van der Waals surface area contributed by atoms with Gasteiger partial charge in [0.2, 0.25) is 5.91 Å². The number of hydrogen-bond acceptors (Lipinski definition) is 4. The standard InChI is InChI=1S/C16H21N3O3/c1-3-22-16(21)14-11(5-4-8-18-2)12-9-10(15(17)20)6-7-13(12)19-14/h6-7,9,18-19H,3-5,8H2,1-2H3,(H2,17,20). The van der Waals surface area contributed by atoms with Gasteiger partial charge in [-0.1, -0.05) is 0 Å². The fourth-order valence-electron chi connectivity index (χ4n) is 2.48.